The second kappa shape index (κ2) is 7.24. The quantitative estimate of drug-likeness (QED) is 0.326. The van der Waals surface area contributed by atoms with Crippen LogP contribution in [0.25, 0.3) is 32.9 Å². The molecule has 3 heteroatoms. The van der Waals surface area contributed by atoms with Crippen molar-refractivity contribution in [3.63, 3.8) is 0 Å². The summed E-state index contributed by atoms with van der Waals surface area (Å²) in [5, 5.41) is 3.54. The van der Waals surface area contributed by atoms with Crippen LogP contribution in [0.15, 0.2) is 104 Å². The molecule has 32 heavy (non-hydrogen) atoms. The Balaban J connectivity index is 1.65. The number of H-pyrrole nitrogens is 1. The van der Waals surface area contributed by atoms with Crippen LogP contribution in [0.3, 0.4) is 0 Å². The highest BCUT2D eigenvalue weighted by Gasteiger charge is 2.39. The van der Waals surface area contributed by atoms with Gasteiger partial charge in [-0.05, 0) is 40.1 Å². The SMILES string of the molecule is C=CCN1C(=O)c2ccccc2[C@@H]1c1c(-c2ccc3ccccc3c2)[nH]c2ccccc12. The average molecular weight is 415 g/mol. The first-order valence-electron chi connectivity index (χ1n) is 10.9. The molecule has 1 N–H and O–H groups in total. The van der Waals surface area contributed by atoms with E-state index in [0.29, 0.717) is 6.54 Å². The fourth-order valence-corrected chi connectivity index (χ4v) is 5.03. The summed E-state index contributed by atoms with van der Waals surface area (Å²) >= 11 is 0. The number of fused-ring (bicyclic) bond motifs is 3. The number of aromatic nitrogens is 1. The van der Waals surface area contributed by atoms with E-state index >= 15 is 0 Å². The van der Waals surface area contributed by atoms with E-state index in [9.17, 15) is 4.79 Å². The molecule has 1 aliphatic heterocycles. The van der Waals surface area contributed by atoms with E-state index in [-0.39, 0.29) is 11.9 Å². The van der Waals surface area contributed by atoms with Crippen LogP contribution in [0.2, 0.25) is 0 Å². The molecule has 154 valence electrons. The van der Waals surface area contributed by atoms with Gasteiger partial charge >= 0.3 is 0 Å². The van der Waals surface area contributed by atoms with Crippen LogP contribution in [0.5, 0.6) is 0 Å². The molecule has 3 nitrogen and oxygen atoms in total. The lowest BCUT2D eigenvalue weighted by Crippen LogP contribution is -2.29. The number of amides is 1. The van der Waals surface area contributed by atoms with E-state index in [1.54, 1.807) is 6.08 Å². The van der Waals surface area contributed by atoms with Gasteiger partial charge in [0.15, 0.2) is 0 Å². The average Bonchev–Trinajstić information content (AvgIpc) is 3.35. The zero-order chi connectivity index (χ0) is 21.7. The summed E-state index contributed by atoms with van der Waals surface area (Å²) in [6.45, 7) is 4.41. The van der Waals surface area contributed by atoms with Crippen LogP contribution in [-0.4, -0.2) is 22.3 Å². The smallest absolute Gasteiger partial charge is 0.255 e. The van der Waals surface area contributed by atoms with Crippen molar-refractivity contribution in [3.8, 4) is 11.3 Å². The van der Waals surface area contributed by atoms with Crippen molar-refractivity contribution in [2.45, 2.75) is 6.04 Å². The molecule has 1 amide bonds. The maximum atomic E-state index is 13.3. The molecule has 0 bridgehead atoms. The fourth-order valence-electron chi connectivity index (χ4n) is 5.03. The van der Waals surface area contributed by atoms with Crippen LogP contribution >= 0.6 is 0 Å². The second-order valence-electron chi connectivity index (χ2n) is 8.26. The van der Waals surface area contributed by atoms with Crippen LogP contribution in [0, 0.1) is 0 Å². The van der Waals surface area contributed by atoms with E-state index < -0.39 is 0 Å². The molecule has 6 rings (SSSR count). The normalized spacial score (nSPS) is 15.4. The number of nitrogens with zero attached hydrogens (tertiary/aromatic N) is 1. The molecule has 1 aliphatic rings. The Morgan fingerprint density at radius 3 is 2.50 bits per heavy atom. The maximum absolute atomic E-state index is 13.3. The summed E-state index contributed by atoms with van der Waals surface area (Å²) in [6, 6.07) is 31.1. The van der Waals surface area contributed by atoms with Gasteiger partial charge in [0, 0.05) is 28.6 Å². The topological polar surface area (TPSA) is 36.1 Å². The van der Waals surface area contributed by atoms with Gasteiger partial charge in [0.05, 0.1) is 11.7 Å². The Morgan fingerprint density at radius 2 is 1.62 bits per heavy atom. The van der Waals surface area contributed by atoms with E-state index in [1.807, 2.05) is 29.2 Å². The predicted molar refractivity (Wildman–Crippen MR) is 131 cm³/mol. The third-order valence-electron chi connectivity index (χ3n) is 6.44. The van der Waals surface area contributed by atoms with Crippen molar-refractivity contribution >= 4 is 27.6 Å². The number of nitrogens with one attached hydrogen (secondary N) is 1. The zero-order valence-electron chi connectivity index (χ0n) is 17.6. The number of rotatable bonds is 4. The van der Waals surface area contributed by atoms with Crippen LogP contribution < -0.4 is 0 Å². The van der Waals surface area contributed by atoms with Crippen LogP contribution in [0.4, 0.5) is 0 Å². The highest BCUT2D eigenvalue weighted by atomic mass is 16.2. The van der Waals surface area contributed by atoms with Gasteiger partial charge in [0.1, 0.15) is 0 Å². The Bertz CT molecular complexity index is 1510. The molecule has 5 aromatic rings. The minimum absolute atomic E-state index is 0.0558. The highest BCUT2D eigenvalue weighted by molar-refractivity contribution is 6.02. The van der Waals surface area contributed by atoms with Crippen molar-refractivity contribution in [2.75, 3.05) is 6.54 Å². The Kier molecular flexibility index (Phi) is 4.22. The van der Waals surface area contributed by atoms with E-state index in [4.69, 9.17) is 0 Å². The Hall–Kier alpha value is -4.11. The second-order valence-corrected chi connectivity index (χ2v) is 8.26. The molecule has 1 aromatic heterocycles. The number of benzene rings is 4. The van der Waals surface area contributed by atoms with E-state index in [2.05, 4.69) is 78.3 Å². The minimum Gasteiger partial charge on any atom is -0.354 e. The summed E-state index contributed by atoms with van der Waals surface area (Å²) in [7, 11) is 0. The highest BCUT2D eigenvalue weighted by Crippen LogP contribution is 2.45. The van der Waals surface area contributed by atoms with Crippen LogP contribution in [-0.2, 0) is 0 Å². The number of aromatic amines is 1. The third kappa shape index (κ3) is 2.71. The lowest BCUT2D eigenvalue weighted by molar-refractivity contribution is 0.0771. The van der Waals surface area contributed by atoms with E-state index in [1.165, 1.54) is 10.8 Å². The number of para-hydroxylation sites is 1. The van der Waals surface area contributed by atoms with Gasteiger partial charge in [-0.15, -0.1) is 6.58 Å². The molecule has 0 fully saturated rings. The van der Waals surface area contributed by atoms with E-state index in [0.717, 1.165) is 38.9 Å². The molecule has 0 unspecified atom stereocenters. The van der Waals surface area contributed by atoms with Gasteiger partial charge in [-0.2, -0.15) is 0 Å². The van der Waals surface area contributed by atoms with Gasteiger partial charge in [-0.3, -0.25) is 4.79 Å². The standard InChI is InChI=1S/C29H22N2O/c1-2-17-31-28(22-11-5-6-12-23(22)29(31)32)26-24-13-7-8-14-25(24)30-27(26)21-16-15-19-9-3-4-10-20(19)18-21/h2-16,18,28,30H,1,17H2/t28-/m1/s1. The number of carbonyl (C=O) groups excluding carboxylic acids is 1. The minimum atomic E-state index is -0.172. The number of carbonyl (C=O) groups is 1. The Morgan fingerprint density at radius 1 is 0.875 bits per heavy atom. The molecule has 0 radical (unpaired) electrons. The largest absolute Gasteiger partial charge is 0.354 e. The first kappa shape index (κ1) is 18.6. The summed E-state index contributed by atoms with van der Waals surface area (Å²) in [5.41, 5.74) is 6.20. The first-order chi connectivity index (χ1) is 15.8. The summed E-state index contributed by atoms with van der Waals surface area (Å²) in [6.07, 6.45) is 1.81. The molecule has 0 saturated carbocycles. The van der Waals surface area contributed by atoms with Crippen molar-refractivity contribution in [3.05, 3.63) is 120 Å². The molecular formula is C29H22N2O. The Labute approximate surface area is 186 Å². The van der Waals surface area contributed by atoms with Crippen molar-refractivity contribution in [1.82, 2.24) is 9.88 Å². The van der Waals surface area contributed by atoms with Gasteiger partial charge in [0.2, 0.25) is 0 Å². The predicted octanol–water partition coefficient (Wildman–Crippen LogP) is 6.72. The summed E-state index contributed by atoms with van der Waals surface area (Å²) in [4.78, 5) is 18.9. The molecule has 0 spiro atoms. The maximum Gasteiger partial charge on any atom is 0.255 e. The molecule has 0 saturated heterocycles. The number of hydrogen-bond donors (Lipinski definition) is 1. The zero-order valence-corrected chi connectivity index (χ0v) is 17.6. The lowest BCUT2D eigenvalue weighted by Gasteiger charge is -2.25. The van der Waals surface area contributed by atoms with Gasteiger partial charge in [-0.25, -0.2) is 0 Å². The lowest BCUT2D eigenvalue weighted by atomic mass is 9.92. The third-order valence-corrected chi connectivity index (χ3v) is 6.44. The summed E-state index contributed by atoms with van der Waals surface area (Å²) in [5.74, 6) is 0.0558. The number of hydrogen-bond acceptors (Lipinski definition) is 1. The van der Waals surface area contributed by atoms with Crippen molar-refractivity contribution < 1.29 is 4.79 Å². The summed E-state index contributed by atoms with van der Waals surface area (Å²) < 4.78 is 0. The monoisotopic (exact) mass is 414 g/mol. The van der Waals surface area contributed by atoms with Crippen molar-refractivity contribution in [2.24, 2.45) is 0 Å². The first-order valence-corrected chi connectivity index (χ1v) is 10.9. The van der Waals surface area contributed by atoms with Crippen molar-refractivity contribution in [1.29, 1.82) is 0 Å². The molecular weight excluding hydrogens is 392 g/mol. The molecule has 1 atom stereocenters. The fraction of sp³-hybridized carbons (Fsp3) is 0.0690. The van der Waals surface area contributed by atoms with Gasteiger partial charge < -0.3 is 9.88 Å². The van der Waals surface area contributed by atoms with Gasteiger partial charge in [0.25, 0.3) is 5.91 Å². The van der Waals surface area contributed by atoms with Crippen LogP contribution in [0.1, 0.15) is 27.5 Å². The molecule has 2 heterocycles. The van der Waals surface area contributed by atoms with Gasteiger partial charge in [-0.1, -0.05) is 78.9 Å². The molecule has 0 aliphatic carbocycles. The molecule has 4 aromatic carbocycles.